The Morgan fingerprint density at radius 2 is 1.91 bits per heavy atom. The van der Waals surface area contributed by atoms with Gasteiger partial charge in [-0.25, -0.2) is 0 Å². The lowest BCUT2D eigenvalue weighted by Gasteiger charge is -2.15. The topological polar surface area (TPSA) is 63.2 Å². The average Bonchev–Trinajstić information content (AvgIpc) is 2.51. The number of aliphatic hydroxyl groups is 1. The molecule has 6 heteroatoms. The molecule has 0 aliphatic carbocycles. The molecule has 1 atom stereocenters. The highest BCUT2D eigenvalue weighted by molar-refractivity contribution is 5.42. The third-order valence-electron chi connectivity index (χ3n) is 3.14. The van der Waals surface area contributed by atoms with Crippen LogP contribution in [0.1, 0.15) is 5.56 Å². The van der Waals surface area contributed by atoms with Crippen molar-refractivity contribution < 1.29 is 19.3 Å². The number of rotatable bonds is 11. The molecule has 22 heavy (non-hydrogen) atoms. The highest BCUT2D eigenvalue weighted by Crippen LogP contribution is 2.27. The van der Waals surface area contributed by atoms with Crippen LogP contribution < -0.4 is 14.8 Å². The van der Waals surface area contributed by atoms with Crippen LogP contribution in [0.4, 0.5) is 0 Å². The van der Waals surface area contributed by atoms with Gasteiger partial charge in [0.15, 0.2) is 11.5 Å². The van der Waals surface area contributed by atoms with Crippen molar-refractivity contribution in [2.24, 2.45) is 0 Å². The largest absolute Gasteiger partial charge is 0.493 e. The average molecular weight is 312 g/mol. The van der Waals surface area contributed by atoms with Crippen molar-refractivity contribution in [2.45, 2.75) is 12.7 Å². The van der Waals surface area contributed by atoms with Crippen LogP contribution in [0, 0.1) is 0 Å². The Bertz CT molecular complexity index is 427. The Morgan fingerprint density at radius 1 is 1.18 bits per heavy atom. The highest BCUT2D eigenvalue weighted by Gasteiger charge is 2.07. The molecule has 0 heterocycles. The van der Waals surface area contributed by atoms with E-state index < -0.39 is 6.10 Å². The number of methoxy groups -OCH3 is 2. The number of hydrogen-bond acceptors (Lipinski definition) is 6. The lowest BCUT2D eigenvalue weighted by molar-refractivity contribution is 0.0287. The van der Waals surface area contributed by atoms with Gasteiger partial charge in [0.25, 0.3) is 0 Å². The number of aliphatic hydroxyl groups excluding tert-OH is 1. The smallest absolute Gasteiger partial charge is 0.161 e. The van der Waals surface area contributed by atoms with Gasteiger partial charge < -0.3 is 29.5 Å². The number of hydrogen-bond donors (Lipinski definition) is 2. The Balaban J connectivity index is 2.26. The Kier molecular flexibility index (Phi) is 8.84. The van der Waals surface area contributed by atoms with Crippen LogP contribution in [0.2, 0.25) is 0 Å². The summed E-state index contributed by atoms with van der Waals surface area (Å²) in [6, 6.07) is 5.64. The minimum Gasteiger partial charge on any atom is -0.493 e. The van der Waals surface area contributed by atoms with Gasteiger partial charge >= 0.3 is 0 Å². The highest BCUT2D eigenvalue weighted by atomic mass is 16.5. The van der Waals surface area contributed by atoms with Crippen molar-refractivity contribution in [1.29, 1.82) is 0 Å². The molecule has 0 saturated carbocycles. The van der Waals surface area contributed by atoms with E-state index in [1.165, 1.54) is 0 Å². The molecule has 1 rings (SSSR count). The summed E-state index contributed by atoms with van der Waals surface area (Å²) in [5, 5.41) is 13.0. The van der Waals surface area contributed by atoms with Gasteiger partial charge in [-0.1, -0.05) is 6.07 Å². The Labute approximate surface area is 133 Å². The molecular formula is C16H28N2O4. The maximum atomic E-state index is 9.83. The SMILES string of the molecule is COc1ccc(COC[C@H](O)CNCCN(C)C)cc1OC. The summed E-state index contributed by atoms with van der Waals surface area (Å²) in [7, 11) is 7.24. The molecule has 6 nitrogen and oxygen atoms in total. The van der Waals surface area contributed by atoms with Gasteiger partial charge in [0.2, 0.25) is 0 Å². The summed E-state index contributed by atoms with van der Waals surface area (Å²) in [5.41, 5.74) is 0.977. The number of nitrogens with one attached hydrogen (secondary N) is 1. The Hall–Kier alpha value is -1.34. The zero-order valence-electron chi connectivity index (χ0n) is 14.0. The van der Waals surface area contributed by atoms with Crippen molar-refractivity contribution in [2.75, 3.05) is 54.6 Å². The van der Waals surface area contributed by atoms with Crippen molar-refractivity contribution in [3.63, 3.8) is 0 Å². The van der Waals surface area contributed by atoms with Crippen molar-refractivity contribution in [3.8, 4) is 11.5 Å². The van der Waals surface area contributed by atoms with Gasteiger partial charge in [-0.3, -0.25) is 0 Å². The fourth-order valence-electron chi connectivity index (χ4n) is 1.91. The molecule has 0 radical (unpaired) electrons. The molecule has 0 unspecified atom stereocenters. The monoisotopic (exact) mass is 312 g/mol. The summed E-state index contributed by atoms with van der Waals surface area (Å²) >= 11 is 0. The fraction of sp³-hybridized carbons (Fsp3) is 0.625. The zero-order valence-corrected chi connectivity index (χ0v) is 14.0. The molecule has 0 aliphatic heterocycles. The third kappa shape index (κ3) is 7.09. The van der Waals surface area contributed by atoms with Gasteiger partial charge in [0.1, 0.15) is 0 Å². The number of nitrogens with zero attached hydrogens (tertiary/aromatic N) is 1. The molecule has 126 valence electrons. The second-order valence-electron chi connectivity index (χ2n) is 5.37. The molecule has 0 bridgehead atoms. The third-order valence-corrected chi connectivity index (χ3v) is 3.14. The first-order valence-electron chi connectivity index (χ1n) is 7.39. The van der Waals surface area contributed by atoms with E-state index in [9.17, 15) is 5.11 Å². The van der Waals surface area contributed by atoms with E-state index >= 15 is 0 Å². The summed E-state index contributed by atoms with van der Waals surface area (Å²) < 4.78 is 16.0. The fourth-order valence-corrected chi connectivity index (χ4v) is 1.91. The molecule has 0 saturated heterocycles. The quantitative estimate of drug-likeness (QED) is 0.588. The lowest BCUT2D eigenvalue weighted by atomic mass is 10.2. The predicted molar refractivity (Wildman–Crippen MR) is 86.6 cm³/mol. The molecule has 1 aromatic rings. The van der Waals surface area contributed by atoms with Crippen molar-refractivity contribution in [1.82, 2.24) is 10.2 Å². The van der Waals surface area contributed by atoms with Gasteiger partial charge in [0, 0.05) is 19.6 Å². The summed E-state index contributed by atoms with van der Waals surface area (Å²) in [4.78, 5) is 2.09. The van der Waals surface area contributed by atoms with Crippen LogP contribution in [0.25, 0.3) is 0 Å². The first-order chi connectivity index (χ1) is 10.6. The normalized spacial score (nSPS) is 12.5. The molecule has 0 aliphatic rings. The molecule has 1 aromatic carbocycles. The van der Waals surface area contributed by atoms with E-state index in [2.05, 4.69) is 10.2 Å². The first-order valence-corrected chi connectivity index (χ1v) is 7.39. The predicted octanol–water partition coefficient (Wildman–Crippen LogP) is 0.733. The van der Waals surface area contributed by atoms with Crippen LogP contribution in [0.3, 0.4) is 0 Å². The molecule has 0 spiro atoms. The first kappa shape index (κ1) is 18.7. The second-order valence-corrected chi connectivity index (χ2v) is 5.37. The minimum absolute atomic E-state index is 0.295. The van der Waals surface area contributed by atoms with Crippen LogP contribution in [0.15, 0.2) is 18.2 Å². The van der Waals surface area contributed by atoms with Crippen LogP contribution >= 0.6 is 0 Å². The van der Waals surface area contributed by atoms with Gasteiger partial charge in [0.05, 0.1) is 33.5 Å². The van der Waals surface area contributed by atoms with E-state index in [0.29, 0.717) is 31.3 Å². The maximum Gasteiger partial charge on any atom is 0.161 e. The summed E-state index contributed by atoms with van der Waals surface area (Å²) in [5.74, 6) is 1.37. The van der Waals surface area contributed by atoms with E-state index in [0.717, 1.165) is 18.7 Å². The van der Waals surface area contributed by atoms with Crippen LogP contribution in [-0.4, -0.2) is 70.7 Å². The summed E-state index contributed by atoms with van der Waals surface area (Å²) in [6.45, 7) is 3.04. The number of likely N-dealkylation sites (N-methyl/N-ethyl adjacent to an activating group) is 1. The Morgan fingerprint density at radius 3 is 2.55 bits per heavy atom. The number of ether oxygens (including phenoxy) is 3. The van der Waals surface area contributed by atoms with Crippen molar-refractivity contribution >= 4 is 0 Å². The maximum absolute atomic E-state index is 9.83. The lowest BCUT2D eigenvalue weighted by Crippen LogP contribution is -2.34. The molecular weight excluding hydrogens is 284 g/mol. The van der Waals surface area contributed by atoms with E-state index in [1.807, 2.05) is 32.3 Å². The zero-order chi connectivity index (χ0) is 16.4. The van der Waals surface area contributed by atoms with Gasteiger partial charge in [-0.05, 0) is 31.8 Å². The van der Waals surface area contributed by atoms with E-state index in [4.69, 9.17) is 14.2 Å². The molecule has 0 aromatic heterocycles. The van der Waals surface area contributed by atoms with E-state index in [1.54, 1.807) is 14.2 Å². The number of benzene rings is 1. The second kappa shape index (κ2) is 10.4. The van der Waals surface area contributed by atoms with Crippen LogP contribution in [-0.2, 0) is 11.3 Å². The van der Waals surface area contributed by atoms with E-state index in [-0.39, 0.29) is 0 Å². The molecule has 0 amide bonds. The minimum atomic E-state index is -0.512. The summed E-state index contributed by atoms with van der Waals surface area (Å²) in [6.07, 6.45) is -0.512. The van der Waals surface area contributed by atoms with Gasteiger partial charge in [-0.15, -0.1) is 0 Å². The van der Waals surface area contributed by atoms with Crippen molar-refractivity contribution in [3.05, 3.63) is 23.8 Å². The van der Waals surface area contributed by atoms with Crippen LogP contribution in [0.5, 0.6) is 11.5 Å². The standard InChI is InChI=1S/C16H28N2O4/c1-18(2)8-7-17-10-14(19)12-22-11-13-5-6-15(20-3)16(9-13)21-4/h5-6,9,14,17,19H,7-8,10-12H2,1-4H3/t14-/m1/s1. The molecule has 2 N–H and O–H groups in total. The van der Waals surface area contributed by atoms with Gasteiger partial charge in [-0.2, -0.15) is 0 Å². The molecule has 0 fully saturated rings.